The summed E-state index contributed by atoms with van der Waals surface area (Å²) in [6, 6.07) is 7.86. The number of piperidine rings is 1. The van der Waals surface area contributed by atoms with Gasteiger partial charge in [-0.25, -0.2) is 9.97 Å². The van der Waals surface area contributed by atoms with E-state index in [0.717, 1.165) is 29.8 Å². The van der Waals surface area contributed by atoms with Crippen molar-refractivity contribution >= 4 is 34.6 Å². The third kappa shape index (κ3) is 3.26. The Morgan fingerprint density at radius 1 is 1.17 bits per heavy atom. The molecule has 0 aliphatic carbocycles. The monoisotopic (exact) mass is 362 g/mol. The maximum absolute atomic E-state index is 8.61. The van der Waals surface area contributed by atoms with Crippen LogP contribution >= 0.6 is 23.2 Å². The molecule has 1 fully saturated rings. The van der Waals surface area contributed by atoms with E-state index in [4.69, 9.17) is 28.6 Å². The summed E-state index contributed by atoms with van der Waals surface area (Å²) in [5.74, 6) is 0. The number of anilines is 1. The second kappa shape index (κ2) is 6.69. The summed E-state index contributed by atoms with van der Waals surface area (Å²) in [6.07, 6.45) is 6.03. The predicted octanol–water partition coefficient (Wildman–Crippen LogP) is 4.79. The van der Waals surface area contributed by atoms with Crippen molar-refractivity contribution in [1.29, 1.82) is 5.41 Å². The van der Waals surface area contributed by atoms with E-state index in [2.05, 4.69) is 28.7 Å². The largest absolute Gasteiger partial charge is 0.357 e. The van der Waals surface area contributed by atoms with Gasteiger partial charge in [0.25, 0.3) is 0 Å². The number of hydrogen-bond acceptors (Lipinski definition) is 4. The van der Waals surface area contributed by atoms with Crippen molar-refractivity contribution in [2.24, 2.45) is 0 Å². The Hall–Kier alpha value is -1.65. The van der Waals surface area contributed by atoms with Gasteiger partial charge in [-0.05, 0) is 50.5 Å². The zero-order chi connectivity index (χ0) is 17.3. The maximum Gasteiger partial charge on any atom is 0.129 e. The van der Waals surface area contributed by atoms with Crippen molar-refractivity contribution in [3.63, 3.8) is 0 Å². The highest BCUT2D eigenvalue weighted by Gasteiger charge is 2.42. The van der Waals surface area contributed by atoms with Crippen LogP contribution in [0, 0.1) is 5.41 Å². The Morgan fingerprint density at radius 2 is 1.83 bits per heavy atom. The van der Waals surface area contributed by atoms with Crippen molar-refractivity contribution in [2.45, 2.75) is 44.7 Å². The number of halogens is 2. The van der Waals surface area contributed by atoms with Gasteiger partial charge in [0.05, 0.1) is 17.4 Å². The van der Waals surface area contributed by atoms with Crippen molar-refractivity contribution in [1.82, 2.24) is 9.97 Å². The van der Waals surface area contributed by atoms with Crippen molar-refractivity contribution in [2.75, 3.05) is 4.90 Å². The lowest BCUT2D eigenvalue weighted by atomic mass is 9.78. The molecular formula is C18H20Cl2N4. The number of rotatable bonds is 3. The van der Waals surface area contributed by atoms with E-state index in [0.29, 0.717) is 22.8 Å². The van der Waals surface area contributed by atoms with Crippen LogP contribution in [-0.4, -0.2) is 27.3 Å². The molecule has 24 heavy (non-hydrogen) atoms. The molecule has 4 nitrogen and oxygen atoms in total. The average molecular weight is 363 g/mol. The minimum Gasteiger partial charge on any atom is -0.357 e. The Kier molecular flexibility index (Phi) is 4.79. The normalized spacial score (nSPS) is 24.2. The zero-order valence-corrected chi connectivity index (χ0v) is 15.3. The van der Waals surface area contributed by atoms with Crippen LogP contribution < -0.4 is 4.90 Å². The van der Waals surface area contributed by atoms with Crippen LogP contribution in [-0.2, 0) is 6.42 Å². The molecule has 2 aromatic rings. The molecule has 126 valence electrons. The quantitative estimate of drug-likeness (QED) is 0.798. The van der Waals surface area contributed by atoms with Crippen molar-refractivity contribution in [3.05, 3.63) is 52.5 Å². The molecule has 3 rings (SSSR count). The molecule has 6 heteroatoms. The van der Waals surface area contributed by atoms with Gasteiger partial charge in [0.2, 0.25) is 0 Å². The van der Waals surface area contributed by atoms with Gasteiger partial charge in [-0.1, -0.05) is 29.3 Å². The minimum atomic E-state index is -0.428. The fourth-order valence-corrected chi connectivity index (χ4v) is 3.76. The number of nitrogens with zero attached hydrogens (tertiary/aromatic N) is 3. The molecule has 2 unspecified atom stereocenters. The van der Waals surface area contributed by atoms with Crippen LogP contribution in [0.25, 0.3) is 0 Å². The van der Waals surface area contributed by atoms with Crippen LogP contribution in [0.1, 0.15) is 32.3 Å². The third-order valence-corrected chi connectivity index (χ3v) is 5.21. The first-order chi connectivity index (χ1) is 11.4. The first kappa shape index (κ1) is 17.2. The molecule has 0 spiro atoms. The molecule has 3 heterocycles. The standard InChI is InChI=1S/C18H20Cl2N4/c1-12-3-6-15(21)18(2,9-13-4-7-16(19)22-10-13)24(12)14-5-8-17(20)23-11-14/h4-5,7-8,10-12,21H,3,6,9H2,1-2H3. The van der Waals surface area contributed by atoms with Gasteiger partial charge in [0, 0.05) is 24.4 Å². The van der Waals surface area contributed by atoms with E-state index in [9.17, 15) is 0 Å². The molecule has 1 saturated heterocycles. The lowest BCUT2D eigenvalue weighted by molar-refractivity contribution is 0.427. The minimum absolute atomic E-state index is 0.312. The van der Waals surface area contributed by atoms with Crippen LogP contribution in [0.3, 0.4) is 0 Å². The first-order valence-electron chi connectivity index (χ1n) is 7.99. The second-order valence-corrected chi connectivity index (χ2v) is 7.29. The van der Waals surface area contributed by atoms with Crippen LogP contribution in [0.2, 0.25) is 10.3 Å². The van der Waals surface area contributed by atoms with E-state index in [1.807, 2.05) is 12.1 Å². The molecule has 0 bridgehead atoms. The van der Waals surface area contributed by atoms with Gasteiger partial charge in [-0.15, -0.1) is 0 Å². The Balaban J connectivity index is 2.00. The van der Waals surface area contributed by atoms with E-state index in [1.165, 1.54) is 0 Å². The molecule has 1 aliphatic heterocycles. The van der Waals surface area contributed by atoms with Gasteiger partial charge < -0.3 is 10.3 Å². The SMILES string of the molecule is CC1CCC(=N)C(C)(Cc2ccc(Cl)nc2)N1c1ccc(Cl)nc1. The summed E-state index contributed by atoms with van der Waals surface area (Å²) in [6.45, 7) is 4.31. The highest BCUT2D eigenvalue weighted by Crippen LogP contribution is 2.36. The fourth-order valence-electron chi connectivity index (χ4n) is 3.53. The second-order valence-electron chi connectivity index (χ2n) is 6.52. The number of nitrogens with one attached hydrogen (secondary N) is 1. The molecule has 0 radical (unpaired) electrons. The van der Waals surface area contributed by atoms with Crippen LogP contribution in [0.15, 0.2) is 36.7 Å². The van der Waals surface area contributed by atoms with E-state index in [-0.39, 0.29) is 0 Å². The van der Waals surface area contributed by atoms with E-state index in [1.54, 1.807) is 24.5 Å². The molecule has 0 saturated carbocycles. The predicted molar refractivity (Wildman–Crippen MR) is 99.5 cm³/mol. The average Bonchev–Trinajstić information content (AvgIpc) is 2.55. The molecule has 1 aliphatic rings. The number of hydrogen-bond donors (Lipinski definition) is 1. The number of pyridine rings is 2. The maximum atomic E-state index is 8.61. The van der Waals surface area contributed by atoms with Crippen LogP contribution in [0.4, 0.5) is 5.69 Å². The summed E-state index contributed by atoms with van der Waals surface area (Å²) in [4.78, 5) is 10.7. The lowest BCUT2D eigenvalue weighted by Crippen LogP contribution is -2.60. The summed E-state index contributed by atoms with van der Waals surface area (Å²) in [5, 5.41) is 9.57. The molecule has 0 aromatic carbocycles. The highest BCUT2D eigenvalue weighted by atomic mass is 35.5. The van der Waals surface area contributed by atoms with Crippen LogP contribution in [0.5, 0.6) is 0 Å². The molecular weight excluding hydrogens is 343 g/mol. The number of aromatic nitrogens is 2. The molecule has 2 atom stereocenters. The summed E-state index contributed by atoms with van der Waals surface area (Å²) >= 11 is 11.8. The summed E-state index contributed by atoms with van der Waals surface area (Å²) < 4.78 is 0. The topological polar surface area (TPSA) is 52.9 Å². The van der Waals surface area contributed by atoms with Gasteiger partial charge in [-0.2, -0.15) is 0 Å². The van der Waals surface area contributed by atoms with E-state index < -0.39 is 5.54 Å². The third-order valence-electron chi connectivity index (χ3n) is 4.76. The smallest absolute Gasteiger partial charge is 0.129 e. The van der Waals surface area contributed by atoms with Gasteiger partial charge >= 0.3 is 0 Å². The molecule has 0 amide bonds. The molecule has 1 N–H and O–H groups in total. The van der Waals surface area contributed by atoms with Gasteiger partial charge in [-0.3, -0.25) is 0 Å². The molecule has 2 aromatic heterocycles. The van der Waals surface area contributed by atoms with Crippen molar-refractivity contribution < 1.29 is 0 Å². The Morgan fingerprint density at radius 3 is 2.42 bits per heavy atom. The van der Waals surface area contributed by atoms with Gasteiger partial charge in [0.15, 0.2) is 0 Å². The first-order valence-corrected chi connectivity index (χ1v) is 8.75. The lowest BCUT2D eigenvalue weighted by Gasteiger charge is -2.50. The van der Waals surface area contributed by atoms with Gasteiger partial charge in [0.1, 0.15) is 10.3 Å². The fraction of sp³-hybridized carbons (Fsp3) is 0.389. The summed E-state index contributed by atoms with van der Waals surface area (Å²) in [7, 11) is 0. The highest BCUT2D eigenvalue weighted by molar-refractivity contribution is 6.29. The Labute approximate surface area is 152 Å². The van der Waals surface area contributed by atoms with E-state index >= 15 is 0 Å². The zero-order valence-electron chi connectivity index (χ0n) is 13.8. The van der Waals surface area contributed by atoms with Crippen molar-refractivity contribution in [3.8, 4) is 0 Å². The summed E-state index contributed by atoms with van der Waals surface area (Å²) in [5.41, 5.74) is 2.35. The Bertz CT molecular complexity index is 730.